The fraction of sp³-hybridized carbons (Fsp3) is 0.235. The Morgan fingerprint density at radius 3 is 2.48 bits per heavy atom. The van der Waals surface area contributed by atoms with E-state index >= 15 is 0 Å². The highest BCUT2D eigenvalue weighted by Gasteiger charge is 2.20. The zero-order valence-electron chi connectivity index (χ0n) is 13.3. The molecule has 8 heteroatoms. The average Bonchev–Trinajstić information content (AvgIpc) is 2.82. The first kappa shape index (κ1) is 16.6. The number of hydrogen-bond acceptors (Lipinski definition) is 6. The van der Waals surface area contributed by atoms with Crippen molar-refractivity contribution < 1.29 is 9.85 Å². The molecule has 1 aliphatic carbocycles. The molecule has 0 saturated carbocycles. The Kier molecular flexibility index (Phi) is 4.69. The third-order valence-corrected chi connectivity index (χ3v) is 4.14. The topological polar surface area (TPSA) is 111 Å². The smallest absolute Gasteiger partial charge is 0.271 e. The zero-order valence-corrected chi connectivity index (χ0v) is 13.3. The van der Waals surface area contributed by atoms with Crippen LogP contribution in [0.15, 0.2) is 47.6 Å². The molecule has 25 heavy (non-hydrogen) atoms. The van der Waals surface area contributed by atoms with Gasteiger partial charge < -0.3 is 0 Å². The van der Waals surface area contributed by atoms with Gasteiger partial charge in [0.15, 0.2) is 0 Å². The predicted molar refractivity (Wildman–Crippen MR) is 93.9 cm³/mol. The third kappa shape index (κ3) is 3.63. The van der Waals surface area contributed by atoms with Crippen molar-refractivity contribution in [3.05, 3.63) is 73.8 Å². The van der Waals surface area contributed by atoms with E-state index in [0.717, 1.165) is 43.0 Å². The minimum atomic E-state index is -0.662. The van der Waals surface area contributed by atoms with E-state index in [1.54, 1.807) is 0 Å². The van der Waals surface area contributed by atoms with Crippen molar-refractivity contribution in [3.8, 4) is 0 Å². The summed E-state index contributed by atoms with van der Waals surface area (Å²) in [5.74, 6) is 0. The van der Waals surface area contributed by atoms with Crippen LogP contribution in [-0.4, -0.2) is 15.6 Å². The lowest BCUT2D eigenvalue weighted by Crippen LogP contribution is -2.06. The molecule has 0 fully saturated rings. The molecular formula is C17H16N4O4. The lowest BCUT2D eigenvalue weighted by Gasteiger charge is -2.09. The molecule has 2 aromatic rings. The van der Waals surface area contributed by atoms with Crippen molar-refractivity contribution in [2.75, 3.05) is 5.43 Å². The molecule has 3 rings (SSSR count). The minimum Gasteiger partial charge on any atom is -0.271 e. The van der Waals surface area contributed by atoms with Crippen LogP contribution in [0.4, 0.5) is 17.1 Å². The van der Waals surface area contributed by atoms with Crippen LogP contribution < -0.4 is 5.43 Å². The number of nitro groups is 2. The number of hydrazone groups is 1. The van der Waals surface area contributed by atoms with Crippen LogP contribution in [0.5, 0.6) is 0 Å². The van der Waals surface area contributed by atoms with Gasteiger partial charge in [-0.2, -0.15) is 5.10 Å². The highest BCUT2D eigenvalue weighted by atomic mass is 16.6. The van der Waals surface area contributed by atoms with E-state index in [4.69, 9.17) is 0 Å². The SMILES string of the molecule is O=[N+]([O-])c1ccc(N/N=C2/CCCCc3ccccc32)c([N+](=O)[O-])c1. The van der Waals surface area contributed by atoms with E-state index in [0.29, 0.717) is 0 Å². The number of non-ortho nitro benzene ring substituents is 1. The summed E-state index contributed by atoms with van der Waals surface area (Å²) < 4.78 is 0. The van der Waals surface area contributed by atoms with E-state index in [1.165, 1.54) is 17.7 Å². The Bertz CT molecular complexity index is 863. The Hall–Kier alpha value is -3.29. The van der Waals surface area contributed by atoms with Gasteiger partial charge >= 0.3 is 5.69 Å². The van der Waals surface area contributed by atoms with Crippen LogP contribution in [0.2, 0.25) is 0 Å². The van der Waals surface area contributed by atoms with Crippen LogP contribution in [0, 0.1) is 20.2 Å². The van der Waals surface area contributed by atoms with Gasteiger partial charge in [0.2, 0.25) is 0 Å². The molecule has 1 N–H and O–H groups in total. The molecule has 0 spiro atoms. The van der Waals surface area contributed by atoms with Crippen molar-refractivity contribution in [1.82, 2.24) is 0 Å². The summed E-state index contributed by atoms with van der Waals surface area (Å²) in [6.45, 7) is 0. The maximum Gasteiger partial charge on any atom is 0.301 e. The molecule has 1 aliphatic rings. The van der Waals surface area contributed by atoms with Crippen LogP contribution in [0.1, 0.15) is 30.4 Å². The summed E-state index contributed by atoms with van der Waals surface area (Å²) >= 11 is 0. The molecule has 2 aromatic carbocycles. The molecular weight excluding hydrogens is 324 g/mol. The summed E-state index contributed by atoms with van der Waals surface area (Å²) in [6, 6.07) is 11.4. The minimum absolute atomic E-state index is 0.129. The molecule has 0 amide bonds. The van der Waals surface area contributed by atoms with E-state index in [2.05, 4.69) is 16.6 Å². The number of rotatable bonds is 4. The molecule has 0 aliphatic heterocycles. The summed E-state index contributed by atoms with van der Waals surface area (Å²) in [5.41, 5.74) is 5.23. The van der Waals surface area contributed by atoms with Gasteiger partial charge in [-0.25, -0.2) is 0 Å². The number of nitrogens with zero attached hydrogens (tertiary/aromatic N) is 3. The molecule has 8 nitrogen and oxygen atoms in total. The largest absolute Gasteiger partial charge is 0.301 e. The van der Waals surface area contributed by atoms with Crippen molar-refractivity contribution in [2.45, 2.75) is 25.7 Å². The number of nitrogens with one attached hydrogen (secondary N) is 1. The van der Waals surface area contributed by atoms with Crippen LogP contribution in [-0.2, 0) is 6.42 Å². The third-order valence-electron chi connectivity index (χ3n) is 4.14. The van der Waals surface area contributed by atoms with Gasteiger partial charge in [0.1, 0.15) is 5.69 Å². The Morgan fingerprint density at radius 1 is 0.960 bits per heavy atom. The first-order valence-electron chi connectivity index (χ1n) is 7.90. The molecule has 0 saturated heterocycles. The second-order valence-corrected chi connectivity index (χ2v) is 5.75. The number of fused-ring (bicyclic) bond motifs is 1. The first-order valence-corrected chi connectivity index (χ1v) is 7.90. The second-order valence-electron chi connectivity index (χ2n) is 5.75. The quantitative estimate of drug-likeness (QED) is 0.513. The van der Waals surface area contributed by atoms with Gasteiger partial charge in [-0.3, -0.25) is 25.7 Å². The molecule has 0 aromatic heterocycles. The van der Waals surface area contributed by atoms with Crippen molar-refractivity contribution in [3.63, 3.8) is 0 Å². The fourth-order valence-electron chi connectivity index (χ4n) is 2.89. The lowest BCUT2D eigenvalue weighted by atomic mass is 10.0. The molecule has 0 heterocycles. The predicted octanol–water partition coefficient (Wildman–Crippen LogP) is 4.05. The van der Waals surface area contributed by atoms with Gasteiger partial charge in [0, 0.05) is 11.6 Å². The maximum atomic E-state index is 11.2. The second kappa shape index (κ2) is 7.08. The van der Waals surface area contributed by atoms with E-state index in [1.807, 2.05) is 18.2 Å². The highest BCUT2D eigenvalue weighted by molar-refractivity contribution is 6.02. The fourth-order valence-corrected chi connectivity index (χ4v) is 2.89. The van der Waals surface area contributed by atoms with Gasteiger partial charge in [-0.05, 0) is 37.3 Å². The summed E-state index contributed by atoms with van der Waals surface area (Å²) in [7, 11) is 0. The summed E-state index contributed by atoms with van der Waals surface area (Å²) in [6.07, 6.45) is 3.79. The number of benzene rings is 2. The van der Waals surface area contributed by atoms with Gasteiger partial charge in [0.05, 0.1) is 21.6 Å². The van der Waals surface area contributed by atoms with Crippen LogP contribution >= 0.6 is 0 Å². The van der Waals surface area contributed by atoms with Crippen molar-refractivity contribution in [1.29, 1.82) is 0 Å². The number of hydrogen-bond donors (Lipinski definition) is 1. The molecule has 128 valence electrons. The van der Waals surface area contributed by atoms with Crippen LogP contribution in [0.3, 0.4) is 0 Å². The summed E-state index contributed by atoms with van der Waals surface area (Å²) in [4.78, 5) is 20.7. The zero-order chi connectivity index (χ0) is 17.8. The Morgan fingerprint density at radius 2 is 1.72 bits per heavy atom. The van der Waals surface area contributed by atoms with Crippen LogP contribution in [0.25, 0.3) is 0 Å². The van der Waals surface area contributed by atoms with Gasteiger partial charge in [-0.15, -0.1) is 0 Å². The van der Waals surface area contributed by atoms with Crippen molar-refractivity contribution in [2.24, 2.45) is 5.10 Å². The standard InChI is InChI=1S/C17H16N4O4/c22-20(23)13-9-10-16(17(11-13)21(24)25)19-18-15-8-4-2-6-12-5-1-3-7-14(12)15/h1,3,5,7,9-11,19H,2,4,6,8H2/b18-15-. The Labute approximate surface area is 143 Å². The molecule has 0 radical (unpaired) electrons. The average molecular weight is 340 g/mol. The highest BCUT2D eigenvalue weighted by Crippen LogP contribution is 2.29. The monoisotopic (exact) mass is 340 g/mol. The molecule has 0 bridgehead atoms. The first-order chi connectivity index (χ1) is 12.1. The lowest BCUT2D eigenvalue weighted by molar-refractivity contribution is -0.393. The Balaban J connectivity index is 1.94. The number of aryl methyl sites for hydroxylation is 1. The number of anilines is 1. The summed E-state index contributed by atoms with van der Waals surface area (Å²) in [5, 5.41) is 26.4. The van der Waals surface area contributed by atoms with Crippen molar-refractivity contribution >= 4 is 22.8 Å². The molecule has 0 unspecified atom stereocenters. The van der Waals surface area contributed by atoms with Gasteiger partial charge in [-0.1, -0.05) is 24.3 Å². The number of nitro benzene ring substituents is 2. The van der Waals surface area contributed by atoms with E-state index in [9.17, 15) is 20.2 Å². The van der Waals surface area contributed by atoms with Gasteiger partial charge in [0.25, 0.3) is 5.69 Å². The maximum absolute atomic E-state index is 11.2. The van der Waals surface area contributed by atoms with E-state index < -0.39 is 9.85 Å². The van der Waals surface area contributed by atoms with E-state index in [-0.39, 0.29) is 17.1 Å². The normalized spacial score (nSPS) is 15.3. The molecule has 0 atom stereocenters.